The topological polar surface area (TPSA) is 96.4 Å². The minimum atomic E-state index is -5.49. The lowest BCUT2D eigenvalue weighted by Gasteiger charge is -2.23. The number of nitrogens with one attached hydrogen (secondary N) is 1. The zero-order chi connectivity index (χ0) is 20.5. The molecule has 7 nitrogen and oxygen atoms in total. The number of amides is 2. The molecule has 1 aliphatic rings. The lowest BCUT2D eigenvalue weighted by Crippen LogP contribution is -2.43. The summed E-state index contributed by atoms with van der Waals surface area (Å²) in [5.41, 5.74) is -5.43. The van der Waals surface area contributed by atoms with Gasteiger partial charge in [-0.25, -0.2) is 13.4 Å². The summed E-state index contributed by atoms with van der Waals surface area (Å²) >= 11 is 1.23. The van der Waals surface area contributed by atoms with Gasteiger partial charge in [0.2, 0.25) is 5.91 Å². The second kappa shape index (κ2) is 7.51. The molecule has 1 aromatic carbocycles. The Labute approximate surface area is 162 Å². The van der Waals surface area contributed by atoms with Crippen molar-refractivity contribution in [3.05, 3.63) is 41.4 Å². The summed E-state index contributed by atoms with van der Waals surface area (Å²) in [6, 6.07) is 2.74. The van der Waals surface area contributed by atoms with Crippen molar-refractivity contribution in [2.24, 2.45) is 0 Å². The first-order valence-corrected chi connectivity index (χ1v) is 10.4. The number of alkyl halides is 3. The summed E-state index contributed by atoms with van der Waals surface area (Å²) in [6.45, 7) is 0.303. The zero-order valence-corrected chi connectivity index (χ0v) is 15.8. The van der Waals surface area contributed by atoms with Gasteiger partial charge in [0, 0.05) is 23.7 Å². The van der Waals surface area contributed by atoms with E-state index in [4.69, 9.17) is 0 Å². The number of carbonyl (C=O) groups excluding carboxylic acids is 2. The van der Waals surface area contributed by atoms with E-state index in [9.17, 15) is 31.2 Å². The second-order valence-corrected chi connectivity index (χ2v) is 8.79. The molecular formula is C16H14F3N3O4S2. The Hall–Kier alpha value is -2.47. The second-order valence-electron chi connectivity index (χ2n) is 5.96. The number of likely N-dealkylation sites (tertiary alicyclic amines) is 1. The predicted molar refractivity (Wildman–Crippen MR) is 94.5 cm³/mol. The standard InChI is InChI=1S/C16H14F3N3O4S2/c17-16(18,19)28(25,26)11-5-3-10(4-6-11)14(24)22-8-1-2-12(22)13(23)21-15-20-7-9-27-15/h3-7,9,12H,1-2,8H2,(H,20,21,23). The average Bonchev–Trinajstić information content (AvgIpc) is 3.31. The number of carbonyl (C=O) groups is 2. The van der Waals surface area contributed by atoms with Gasteiger partial charge < -0.3 is 10.2 Å². The molecule has 150 valence electrons. The highest BCUT2D eigenvalue weighted by Crippen LogP contribution is 2.30. The Morgan fingerprint density at radius 1 is 1.21 bits per heavy atom. The average molecular weight is 433 g/mol. The van der Waals surface area contributed by atoms with Gasteiger partial charge in [-0.2, -0.15) is 13.2 Å². The largest absolute Gasteiger partial charge is 0.501 e. The molecule has 2 amide bonds. The highest BCUT2D eigenvalue weighted by atomic mass is 32.2. The third kappa shape index (κ3) is 3.87. The van der Waals surface area contributed by atoms with Crippen LogP contribution in [0.15, 0.2) is 40.7 Å². The summed E-state index contributed by atoms with van der Waals surface area (Å²) in [7, 11) is -5.49. The van der Waals surface area contributed by atoms with Crippen LogP contribution in [-0.4, -0.2) is 48.2 Å². The van der Waals surface area contributed by atoms with E-state index in [1.54, 1.807) is 5.38 Å². The maximum Gasteiger partial charge on any atom is 0.501 e. The Kier molecular flexibility index (Phi) is 5.44. The van der Waals surface area contributed by atoms with E-state index < -0.39 is 38.1 Å². The number of rotatable bonds is 4. The van der Waals surface area contributed by atoms with Crippen molar-refractivity contribution in [3.63, 3.8) is 0 Å². The first-order valence-electron chi connectivity index (χ1n) is 8.04. The normalized spacial score (nSPS) is 17.5. The number of hydrogen-bond acceptors (Lipinski definition) is 6. The molecule has 1 aromatic heterocycles. The lowest BCUT2D eigenvalue weighted by atomic mass is 10.1. The van der Waals surface area contributed by atoms with Crippen molar-refractivity contribution >= 4 is 38.1 Å². The van der Waals surface area contributed by atoms with Gasteiger partial charge in [-0.05, 0) is 37.1 Å². The summed E-state index contributed by atoms with van der Waals surface area (Å²) in [6.07, 6.45) is 2.54. The van der Waals surface area contributed by atoms with Gasteiger partial charge in [-0.1, -0.05) is 0 Å². The Bertz CT molecular complexity index is 974. The van der Waals surface area contributed by atoms with Crippen LogP contribution in [0.3, 0.4) is 0 Å². The lowest BCUT2D eigenvalue weighted by molar-refractivity contribution is -0.119. The number of halogens is 3. The van der Waals surface area contributed by atoms with Gasteiger partial charge >= 0.3 is 5.51 Å². The minimum absolute atomic E-state index is 0.00456. The molecule has 0 aliphatic carbocycles. The molecule has 2 aromatic rings. The highest BCUT2D eigenvalue weighted by molar-refractivity contribution is 7.92. The molecule has 1 saturated heterocycles. The molecule has 0 spiro atoms. The third-order valence-corrected chi connectivity index (χ3v) is 6.39. The van der Waals surface area contributed by atoms with E-state index in [1.807, 2.05) is 0 Å². The van der Waals surface area contributed by atoms with Gasteiger partial charge in [0.15, 0.2) is 5.13 Å². The van der Waals surface area contributed by atoms with Gasteiger partial charge in [0.1, 0.15) is 6.04 Å². The molecule has 28 heavy (non-hydrogen) atoms. The van der Waals surface area contributed by atoms with Crippen LogP contribution in [0.1, 0.15) is 23.2 Å². The Balaban J connectivity index is 1.76. The summed E-state index contributed by atoms with van der Waals surface area (Å²) in [5.74, 6) is -0.968. The first kappa shape index (κ1) is 20.3. The van der Waals surface area contributed by atoms with Gasteiger partial charge in [-0.15, -0.1) is 11.3 Å². The molecule has 1 unspecified atom stereocenters. The Morgan fingerprint density at radius 3 is 2.46 bits per heavy atom. The van der Waals surface area contributed by atoms with Gasteiger partial charge in [0.25, 0.3) is 15.7 Å². The Morgan fingerprint density at radius 2 is 1.89 bits per heavy atom. The SMILES string of the molecule is O=C(Nc1nccs1)C1CCCN1C(=O)c1ccc(S(=O)(=O)C(F)(F)F)cc1. The summed E-state index contributed by atoms with van der Waals surface area (Å²) < 4.78 is 60.6. The van der Waals surface area contributed by atoms with E-state index >= 15 is 0 Å². The summed E-state index contributed by atoms with van der Waals surface area (Å²) in [5, 5.41) is 4.69. The van der Waals surface area contributed by atoms with Crippen LogP contribution < -0.4 is 5.32 Å². The highest BCUT2D eigenvalue weighted by Gasteiger charge is 2.46. The number of hydrogen-bond donors (Lipinski definition) is 1. The van der Waals surface area contributed by atoms with Gasteiger partial charge in [0.05, 0.1) is 4.90 Å². The minimum Gasteiger partial charge on any atom is -0.327 e. The molecule has 1 aliphatic heterocycles. The number of anilines is 1. The molecule has 3 rings (SSSR count). The van der Waals surface area contributed by atoms with E-state index in [0.29, 0.717) is 24.5 Å². The van der Waals surface area contributed by atoms with Crippen LogP contribution in [0.4, 0.5) is 18.3 Å². The molecule has 0 radical (unpaired) electrons. The van der Waals surface area contributed by atoms with Crippen LogP contribution in [0.2, 0.25) is 0 Å². The smallest absolute Gasteiger partial charge is 0.327 e. The maximum atomic E-state index is 12.7. The molecule has 1 atom stereocenters. The number of aromatic nitrogens is 1. The number of thiazole rings is 1. The molecule has 0 saturated carbocycles. The molecule has 1 fully saturated rings. The maximum absolute atomic E-state index is 12.7. The van der Waals surface area contributed by atoms with Crippen LogP contribution in [0.5, 0.6) is 0 Å². The fourth-order valence-corrected chi connectivity index (χ4v) is 4.13. The van der Waals surface area contributed by atoms with Crippen molar-refractivity contribution in [1.82, 2.24) is 9.88 Å². The number of sulfone groups is 1. The molecule has 0 bridgehead atoms. The van der Waals surface area contributed by atoms with Crippen LogP contribution >= 0.6 is 11.3 Å². The molecule has 2 heterocycles. The van der Waals surface area contributed by atoms with E-state index in [-0.39, 0.29) is 5.56 Å². The third-order valence-electron chi connectivity index (χ3n) is 4.20. The molecule has 12 heteroatoms. The predicted octanol–water partition coefficient (Wildman–Crippen LogP) is 2.68. The van der Waals surface area contributed by atoms with Crippen LogP contribution in [0, 0.1) is 0 Å². The summed E-state index contributed by atoms with van der Waals surface area (Å²) in [4.78, 5) is 29.4. The van der Waals surface area contributed by atoms with E-state index in [0.717, 1.165) is 24.3 Å². The first-order chi connectivity index (χ1) is 13.1. The fraction of sp³-hybridized carbons (Fsp3) is 0.312. The van der Waals surface area contributed by atoms with E-state index in [1.165, 1.54) is 22.4 Å². The zero-order valence-electron chi connectivity index (χ0n) is 14.1. The van der Waals surface area contributed by atoms with Crippen LogP contribution in [-0.2, 0) is 14.6 Å². The molecular weight excluding hydrogens is 419 g/mol. The van der Waals surface area contributed by atoms with E-state index in [2.05, 4.69) is 10.3 Å². The van der Waals surface area contributed by atoms with Crippen molar-refractivity contribution in [3.8, 4) is 0 Å². The van der Waals surface area contributed by atoms with Crippen LogP contribution in [0.25, 0.3) is 0 Å². The number of nitrogens with zero attached hydrogens (tertiary/aromatic N) is 2. The van der Waals surface area contributed by atoms with Crippen molar-refractivity contribution in [2.75, 3.05) is 11.9 Å². The monoisotopic (exact) mass is 433 g/mol. The fourth-order valence-electron chi connectivity index (χ4n) is 2.83. The molecule has 1 N–H and O–H groups in total. The quantitative estimate of drug-likeness (QED) is 0.800. The number of benzene rings is 1. The van der Waals surface area contributed by atoms with Crippen molar-refractivity contribution < 1.29 is 31.2 Å². The van der Waals surface area contributed by atoms with Crippen molar-refractivity contribution in [1.29, 1.82) is 0 Å². The van der Waals surface area contributed by atoms with Gasteiger partial charge in [-0.3, -0.25) is 9.59 Å². The van der Waals surface area contributed by atoms with Crippen molar-refractivity contribution in [2.45, 2.75) is 29.3 Å².